The molecule has 1 aliphatic rings. The van der Waals surface area contributed by atoms with E-state index in [0.717, 1.165) is 50.0 Å². The van der Waals surface area contributed by atoms with Gasteiger partial charge in [-0.2, -0.15) is 9.78 Å². The standard InChI is InChI=1S/C29H25Cl2FN4O3/c30-25-7-3-21(16-26(25)31)36-29(37)23-6-4-22(14-19(23)17-33-36)38-13-1-10-35-11-8-18(9-12-35)28-24-5-2-20(32)15-27(24)39-34-28/h2-7,14-18H,1,8-13H2. The van der Waals surface area contributed by atoms with Crippen molar-refractivity contribution in [1.82, 2.24) is 19.8 Å². The van der Waals surface area contributed by atoms with Crippen molar-refractivity contribution >= 4 is 44.9 Å². The van der Waals surface area contributed by atoms with Gasteiger partial charge in [0.2, 0.25) is 0 Å². The SMILES string of the molecule is O=c1c2ccc(OCCCN3CCC(c4noc5cc(F)ccc45)CC3)cc2cnn1-c1ccc(Cl)c(Cl)c1. The highest BCUT2D eigenvalue weighted by Gasteiger charge is 2.25. The molecule has 0 aliphatic carbocycles. The lowest BCUT2D eigenvalue weighted by Gasteiger charge is -2.31. The van der Waals surface area contributed by atoms with Crippen LogP contribution in [0.5, 0.6) is 5.75 Å². The van der Waals surface area contributed by atoms with Crippen molar-refractivity contribution in [3.8, 4) is 11.4 Å². The van der Waals surface area contributed by atoms with Crippen molar-refractivity contribution in [2.24, 2.45) is 0 Å². The minimum absolute atomic E-state index is 0.244. The molecule has 0 bridgehead atoms. The number of hydrogen-bond acceptors (Lipinski definition) is 6. The van der Waals surface area contributed by atoms with Gasteiger partial charge in [0.05, 0.1) is 39.6 Å². The van der Waals surface area contributed by atoms with Gasteiger partial charge in [-0.3, -0.25) is 4.79 Å². The zero-order chi connectivity index (χ0) is 26.9. The lowest BCUT2D eigenvalue weighted by atomic mass is 9.91. The van der Waals surface area contributed by atoms with Crippen LogP contribution in [0.25, 0.3) is 27.4 Å². The van der Waals surface area contributed by atoms with Crippen molar-refractivity contribution in [3.05, 3.63) is 92.7 Å². The highest BCUT2D eigenvalue weighted by atomic mass is 35.5. The number of rotatable bonds is 7. The summed E-state index contributed by atoms with van der Waals surface area (Å²) in [5, 5.41) is 11.5. The number of nitrogens with zero attached hydrogens (tertiary/aromatic N) is 4. The molecule has 3 heterocycles. The molecule has 3 aromatic carbocycles. The van der Waals surface area contributed by atoms with Crippen molar-refractivity contribution in [2.75, 3.05) is 26.2 Å². The summed E-state index contributed by atoms with van der Waals surface area (Å²) in [6.07, 6.45) is 4.49. The van der Waals surface area contributed by atoms with Gasteiger partial charge in [-0.15, -0.1) is 0 Å². The van der Waals surface area contributed by atoms with E-state index < -0.39 is 0 Å². The fourth-order valence-electron chi connectivity index (χ4n) is 5.15. The Morgan fingerprint density at radius 2 is 1.82 bits per heavy atom. The van der Waals surface area contributed by atoms with Gasteiger partial charge >= 0.3 is 0 Å². The second-order valence-electron chi connectivity index (χ2n) is 9.74. The minimum atomic E-state index is -0.314. The van der Waals surface area contributed by atoms with Crippen molar-refractivity contribution in [3.63, 3.8) is 0 Å². The summed E-state index contributed by atoms with van der Waals surface area (Å²) in [4.78, 5) is 15.4. The molecule has 5 aromatic rings. The molecule has 0 saturated carbocycles. The van der Waals surface area contributed by atoms with Crippen molar-refractivity contribution in [2.45, 2.75) is 25.2 Å². The molecule has 39 heavy (non-hydrogen) atoms. The summed E-state index contributed by atoms with van der Waals surface area (Å²) in [6, 6.07) is 15.0. The normalized spacial score (nSPS) is 14.8. The lowest BCUT2D eigenvalue weighted by molar-refractivity contribution is 0.191. The Hall–Kier alpha value is -3.46. The van der Waals surface area contributed by atoms with E-state index in [1.165, 1.54) is 16.8 Å². The molecule has 6 rings (SSSR count). The molecule has 0 unspecified atom stereocenters. The summed E-state index contributed by atoms with van der Waals surface area (Å²) < 4.78 is 26.1. The van der Waals surface area contributed by atoms with E-state index in [-0.39, 0.29) is 11.4 Å². The molecule has 1 fully saturated rings. The number of piperidine rings is 1. The zero-order valence-electron chi connectivity index (χ0n) is 20.9. The summed E-state index contributed by atoms with van der Waals surface area (Å²) in [7, 11) is 0. The van der Waals surface area contributed by atoms with Crippen LogP contribution in [0, 0.1) is 5.82 Å². The molecular weight excluding hydrogens is 542 g/mol. The molecule has 0 spiro atoms. The number of aromatic nitrogens is 3. The van der Waals surface area contributed by atoms with Crippen LogP contribution in [0.15, 0.2) is 70.1 Å². The molecule has 1 saturated heterocycles. The van der Waals surface area contributed by atoms with Gasteiger partial charge in [0.15, 0.2) is 5.58 Å². The minimum Gasteiger partial charge on any atom is -0.494 e. The monoisotopic (exact) mass is 566 g/mol. The van der Waals surface area contributed by atoms with Crippen LogP contribution >= 0.6 is 23.2 Å². The summed E-state index contributed by atoms with van der Waals surface area (Å²) in [5.74, 6) is 0.700. The molecule has 0 radical (unpaired) electrons. The first-order valence-corrected chi connectivity index (χ1v) is 13.6. The van der Waals surface area contributed by atoms with Gasteiger partial charge in [0.25, 0.3) is 5.56 Å². The van der Waals surface area contributed by atoms with Gasteiger partial charge < -0.3 is 14.2 Å². The van der Waals surface area contributed by atoms with E-state index in [2.05, 4.69) is 15.2 Å². The van der Waals surface area contributed by atoms with Crippen LogP contribution in [-0.4, -0.2) is 46.1 Å². The van der Waals surface area contributed by atoms with Gasteiger partial charge in [-0.05, 0) is 80.9 Å². The first-order valence-electron chi connectivity index (χ1n) is 12.8. The smallest absolute Gasteiger partial charge is 0.279 e. The van der Waals surface area contributed by atoms with Crippen LogP contribution < -0.4 is 10.3 Å². The maximum atomic E-state index is 13.4. The maximum absolute atomic E-state index is 13.4. The molecule has 0 N–H and O–H groups in total. The molecule has 2 aromatic heterocycles. The summed E-state index contributed by atoms with van der Waals surface area (Å²) >= 11 is 12.1. The third-order valence-corrected chi connectivity index (χ3v) is 7.97. The maximum Gasteiger partial charge on any atom is 0.279 e. The number of hydrogen-bond donors (Lipinski definition) is 0. The molecule has 0 atom stereocenters. The fraction of sp³-hybridized carbons (Fsp3) is 0.276. The predicted octanol–water partition coefficient (Wildman–Crippen LogP) is 6.62. The zero-order valence-corrected chi connectivity index (χ0v) is 22.5. The highest BCUT2D eigenvalue weighted by Crippen LogP contribution is 2.33. The van der Waals surface area contributed by atoms with E-state index in [1.807, 2.05) is 12.1 Å². The topological polar surface area (TPSA) is 73.4 Å². The van der Waals surface area contributed by atoms with Crippen molar-refractivity contribution < 1.29 is 13.7 Å². The second-order valence-corrected chi connectivity index (χ2v) is 10.5. The third-order valence-electron chi connectivity index (χ3n) is 7.23. The Balaban J connectivity index is 1.02. The molecule has 200 valence electrons. The van der Waals surface area contributed by atoms with E-state index in [0.29, 0.717) is 50.4 Å². The van der Waals surface area contributed by atoms with Gasteiger partial charge in [-0.1, -0.05) is 28.4 Å². The quantitative estimate of drug-likeness (QED) is 0.206. The number of halogens is 3. The Morgan fingerprint density at radius 3 is 2.64 bits per heavy atom. The Labute approximate surface area is 233 Å². The molecule has 10 heteroatoms. The van der Waals surface area contributed by atoms with Crippen LogP contribution in [-0.2, 0) is 0 Å². The summed E-state index contributed by atoms with van der Waals surface area (Å²) in [5.41, 5.74) is 1.74. The summed E-state index contributed by atoms with van der Waals surface area (Å²) in [6.45, 7) is 3.43. The first kappa shape index (κ1) is 25.8. The average molecular weight is 567 g/mol. The highest BCUT2D eigenvalue weighted by molar-refractivity contribution is 6.42. The Morgan fingerprint density at radius 1 is 1.00 bits per heavy atom. The first-order chi connectivity index (χ1) is 19.0. The lowest BCUT2D eigenvalue weighted by Crippen LogP contribution is -2.34. The Kier molecular flexibility index (Phi) is 7.25. The molecule has 7 nitrogen and oxygen atoms in total. The number of fused-ring (bicyclic) bond motifs is 2. The number of ether oxygens (including phenoxy) is 1. The predicted molar refractivity (Wildman–Crippen MR) is 150 cm³/mol. The average Bonchev–Trinajstić information content (AvgIpc) is 3.36. The molecule has 0 amide bonds. The number of benzene rings is 3. The number of likely N-dealkylation sites (tertiary alicyclic amines) is 1. The van der Waals surface area contributed by atoms with E-state index in [4.69, 9.17) is 32.5 Å². The van der Waals surface area contributed by atoms with Gasteiger partial charge in [0, 0.05) is 29.3 Å². The molecule has 1 aliphatic heterocycles. The van der Waals surface area contributed by atoms with Gasteiger partial charge in [-0.25, -0.2) is 4.39 Å². The van der Waals surface area contributed by atoms with Crippen LogP contribution in [0.1, 0.15) is 30.9 Å². The van der Waals surface area contributed by atoms with Gasteiger partial charge in [0.1, 0.15) is 11.6 Å². The van der Waals surface area contributed by atoms with Crippen molar-refractivity contribution in [1.29, 1.82) is 0 Å². The fourth-order valence-corrected chi connectivity index (χ4v) is 5.45. The second kappa shape index (κ2) is 11.0. The van der Waals surface area contributed by atoms with Crippen LogP contribution in [0.2, 0.25) is 10.0 Å². The molecular formula is C29H25Cl2FN4O3. The van der Waals surface area contributed by atoms with E-state index >= 15 is 0 Å². The van der Waals surface area contributed by atoms with E-state index in [1.54, 1.807) is 36.5 Å². The third kappa shape index (κ3) is 5.37. The van der Waals surface area contributed by atoms with Crippen LogP contribution in [0.4, 0.5) is 4.39 Å². The van der Waals surface area contributed by atoms with Crippen LogP contribution in [0.3, 0.4) is 0 Å². The Bertz CT molecular complexity index is 1710. The largest absolute Gasteiger partial charge is 0.494 e. The van der Waals surface area contributed by atoms with E-state index in [9.17, 15) is 9.18 Å².